The maximum atomic E-state index is 12.4. The van der Waals surface area contributed by atoms with E-state index in [4.69, 9.17) is 0 Å². The smallest absolute Gasteiger partial charge is 0.289 e. The van der Waals surface area contributed by atoms with Crippen molar-refractivity contribution in [2.24, 2.45) is 0 Å². The second-order valence-electron chi connectivity index (χ2n) is 4.23. The molecule has 0 N–H and O–H groups in total. The Morgan fingerprint density at radius 3 is 1.75 bits per heavy atom. The molecule has 0 aliphatic rings. The zero-order valence-corrected chi connectivity index (χ0v) is 10.4. The SMILES string of the molecule is C=Cc1ccc(C(=O)c2ccc(C(F)(F)F)cc2)cc1. The number of ketones is 1. The van der Waals surface area contributed by atoms with Crippen molar-refractivity contribution in [3.63, 3.8) is 0 Å². The Morgan fingerprint density at radius 2 is 1.35 bits per heavy atom. The monoisotopic (exact) mass is 276 g/mol. The maximum absolute atomic E-state index is 12.4. The lowest BCUT2D eigenvalue weighted by molar-refractivity contribution is -0.137. The molecule has 0 aliphatic heterocycles. The molecule has 2 rings (SSSR count). The second-order valence-corrected chi connectivity index (χ2v) is 4.23. The summed E-state index contributed by atoms with van der Waals surface area (Å²) in [6.07, 6.45) is -2.75. The van der Waals surface area contributed by atoms with Crippen molar-refractivity contribution >= 4 is 11.9 Å². The lowest BCUT2D eigenvalue weighted by atomic mass is 10.0. The fourth-order valence-corrected chi connectivity index (χ4v) is 1.75. The largest absolute Gasteiger partial charge is 0.416 e. The van der Waals surface area contributed by atoms with Gasteiger partial charge in [0.1, 0.15) is 0 Å². The van der Waals surface area contributed by atoms with Gasteiger partial charge in [-0.2, -0.15) is 13.2 Å². The van der Waals surface area contributed by atoms with Crippen LogP contribution in [0.5, 0.6) is 0 Å². The molecule has 0 atom stereocenters. The Hall–Kier alpha value is -2.36. The summed E-state index contributed by atoms with van der Waals surface area (Å²) >= 11 is 0. The van der Waals surface area contributed by atoms with Crippen molar-refractivity contribution in [2.45, 2.75) is 6.18 Å². The molecule has 0 fully saturated rings. The van der Waals surface area contributed by atoms with Crippen LogP contribution in [0.3, 0.4) is 0 Å². The molecule has 0 saturated carbocycles. The molecule has 0 spiro atoms. The average molecular weight is 276 g/mol. The van der Waals surface area contributed by atoms with Crippen molar-refractivity contribution in [2.75, 3.05) is 0 Å². The van der Waals surface area contributed by atoms with Gasteiger partial charge < -0.3 is 0 Å². The third-order valence-corrected chi connectivity index (χ3v) is 2.88. The molecule has 2 aromatic rings. The van der Waals surface area contributed by atoms with Crippen LogP contribution in [0.1, 0.15) is 27.0 Å². The molecule has 1 nitrogen and oxygen atoms in total. The minimum Gasteiger partial charge on any atom is -0.289 e. The van der Waals surface area contributed by atoms with Crippen molar-refractivity contribution in [3.05, 3.63) is 77.4 Å². The Morgan fingerprint density at radius 1 is 0.900 bits per heavy atom. The third-order valence-electron chi connectivity index (χ3n) is 2.88. The molecule has 0 radical (unpaired) electrons. The first-order valence-corrected chi connectivity index (χ1v) is 5.86. The van der Waals surface area contributed by atoms with Crippen LogP contribution >= 0.6 is 0 Å². The van der Waals surface area contributed by atoms with Gasteiger partial charge in [0.15, 0.2) is 5.78 Å². The third kappa shape index (κ3) is 2.96. The molecule has 20 heavy (non-hydrogen) atoms. The van der Waals surface area contributed by atoms with Gasteiger partial charge in [-0.15, -0.1) is 0 Å². The molecule has 0 bridgehead atoms. The molecule has 0 aliphatic carbocycles. The molecule has 0 heterocycles. The van der Waals surface area contributed by atoms with Gasteiger partial charge in [-0.25, -0.2) is 0 Å². The van der Waals surface area contributed by atoms with Gasteiger partial charge >= 0.3 is 6.18 Å². The summed E-state index contributed by atoms with van der Waals surface area (Å²) < 4.78 is 37.3. The molecule has 4 heteroatoms. The van der Waals surface area contributed by atoms with Crippen molar-refractivity contribution < 1.29 is 18.0 Å². The minimum absolute atomic E-state index is 0.226. The van der Waals surface area contributed by atoms with Gasteiger partial charge in [0.2, 0.25) is 0 Å². The predicted molar refractivity (Wildman–Crippen MR) is 71.4 cm³/mol. The average Bonchev–Trinajstić information content (AvgIpc) is 2.46. The Kier molecular flexibility index (Phi) is 3.74. The van der Waals surface area contributed by atoms with Crippen molar-refractivity contribution in [1.29, 1.82) is 0 Å². The number of hydrogen-bond donors (Lipinski definition) is 0. The van der Waals surface area contributed by atoms with Gasteiger partial charge in [0, 0.05) is 11.1 Å². The molecule has 0 unspecified atom stereocenters. The predicted octanol–water partition coefficient (Wildman–Crippen LogP) is 4.58. The van der Waals surface area contributed by atoms with E-state index in [0.717, 1.165) is 17.7 Å². The molecule has 0 aromatic heterocycles. The zero-order chi connectivity index (χ0) is 14.8. The highest BCUT2D eigenvalue weighted by Gasteiger charge is 2.30. The fraction of sp³-hybridized carbons (Fsp3) is 0.0625. The quantitative estimate of drug-likeness (QED) is 0.750. The van der Waals surface area contributed by atoms with E-state index in [1.165, 1.54) is 12.1 Å². The standard InChI is InChI=1S/C16H11F3O/c1-2-11-3-5-12(6-4-11)15(20)13-7-9-14(10-8-13)16(17,18)19/h2-10H,1H2. The summed E-state index contributed by atoms with van der Waals surface area (Å²) in [6, 6.07) is 10.9. The first kappa shape index (κ1) is 14.1. The van der Waals surface area contributed by atoms with Gasteiger partial charge in [0.25, 0.3) is 0 Å². The van der Waals surface area contributed by atoms with Gasteiger partial charge in [-0.3, -0.25) is 4.79 Å². The molecule has 102 valence electrons. The highest BCUT2D eigenvalue weighted by molar-refractivity contribution is 6.09. The van der Waals surface area contributed by atoms with Gasteiger partial charge in [0.05, 0.1) is 5.56 Å². The maximum Gasteiger partial charge on any atom is 0.416 e. The Bertz CT molecular complexity index is 622. The van der Waals surface area contributed by atoms with Crippen LogP contribution < -0.4 is 0 Å². The summed E-state index contributed by atoms with van der Waals surface area (Å²) in [7, 11) is 0. The van der Waals surface area contributed by atoms with Crippen LogP contribution in [0, 0.1) is 0 Å². The van der Waals surface area contributed by atoms with Crippen LogP contribution in [0.15, 0.2) is 55.1 Å². The zero-order valence-electron chi connectivity index (χ0n) is 10.4. The van der Waals surface area contributed by atoms with E-state index in [2.05, 4.69) is 6.58 Å². The number of carbonyl (C=O) groups excluding carboxylic acids is 1. The second kappa shape index (κ2) is 5.33. The van der Waals surface area contributed by atoms with Crippen LogP contribution in [-0.4, -0.2) is 5.78 Å². The summed E-state index contributed by atoms with van der Waals surface area (Å²) in [6.45, 7) is 3.60. The normalized spacial score (nSPS) is 11.2. The molecule has 2 aromatic carbocycles. The molecule has 0 saturated heterocycles. The van der Waals surface area contributed by atoms with Crippen LogP contribution in [0.25, 0.3) is 6.08 Å². The van der Waals surface area contributed by atoms with E-state index in [1.807, 2.05) is 0 Å². The van der Waals surface area contributed by atoms with Crippen LogP contribution in [0.4, 0.5) is 13.2 Å². The number of halogens is 3. The number of alkyl halides is 3. The number of benzene rings is 2. The van der Waals surface area contributed by atoms with E-state index in [-0.39, 0.29) is 11.3 Å². The van der Waals surface area contributed by atoms with Crippen molar-refractivity contribution in [1.82, 2.24) is 0 Å². The Labute approximate surface area is 114 Å². The van der Waals surface area contributed by atoms with E-state index in [9.17, 15) is 18.0 Å². The molecular formula is C16H11F3O. The lowest BCUT2D eigenvalue weighted by Gasteiger charge is -2.07. The van der Waals surface area contributed by atoms with Gasteiger partial charge in [-0.1, -0.05) is 49.1 Å². The topological polar surface area (TPSA) is 17.1 Å². The summed E-state index contributed by atoms with van der Waals surface area (Å²) in [5.41, 5.74) is 0.754. The van der Waals surface area contributed by atoms with Crippen LogP contribution in [0.2, 0.25) is 0 Å². The number of rotatable bonds is 3. The summed E-state index contributed by atoms with van der Waals surface area (Å²) in [4.78, 5) is 12.1. The highest BCUT2D eigenvalue weighted by Crippen LogP contribution is 2.29. The van der Waals surface area contributed by atoms with E-state index in [1.54, 1.807) is 30.3 Å². The minimum atomic E-state index is -4.40. The van der Waals surface area contributed by atoms with E-state index in [0.29, 0.717) is 5.56 Å². The van der Waals surface area contributed by atoms with E-state index >= 15 is 0 Å². The van der Waals surface area contributed by atoms with Gasteiger partial charge in [-0.05, 0) is 17.7 Å². The first-order chi connectivity index (χ1) is 9.41. The summed E-state index contributed by atoms with van der Waals surface area (Å²) in [5, 5.41) is 0. The Balaban J connectivity index is 2.26. The van der Waals surface area contributed by atoms with Crippen LogP contribution in [-0.2, 0) is 6.18 Å². The molecular weight excluding hydrogens is 265 g/mol. The summed E-state index contributed by atoms with van der Waals surface area (Å²) in [5.74, 6) is -0.311. The first-order valence-electron chi connectivity index (χ1n) is 5.86. The van der Waals surface area contributed by atoms with E-state index < -0.39 is 11.7 Å². The highest BCUT2D eigenvalue weighted by atomic mass is 19.4. The fourth-order valence-electron chi connectivity index (χ4n) is 1.75. The molecule has 0 amide bonds. The number of carbonyl (C=O) groups is 1. The number of hydrogen-bond acceptors (Lipinski definition) is 1. The lowest BCUT2D eigenvalue weighted by Crippen LogP contribution is -2.06. The van der Waals surface area contributed by atoms with Crippen molar-refractivity contribution in [3.8, 4) is 0 Å².